The molecule has 3 N–H and O–H groups in total. The summed E-state index contributed by atoms with van der Waals surface area (Å²) < 4.78 is 18.2. The Hall–Kier alpha value is -1.98. The number of nitrogen functional groups attached to an aromatic ring is 1. The summed E-state index contributed by atoms with van der Waals surface area (Å²) in [7, 11) is 1.37. The van der Waals surface area contributed by atoms with E-state index in [4.69, 9.17) is 33.7 Å². The SMILES string of the molecule is COc1cc(CNC(=O)c2c(Cl)ccc(N)c2Cl)ccc1F. The number of carbonyl (C=O) groups is 1. The highest BCUT2D eigenvalue weighted by molar-refractivity contribution is 6.41. The third kappa shape index (κ3) is 3.43. The maximum absolute atomic E-state index is 13.3. The molecule has 0 aliphatic carbocycles. The van der Waals surface area contributed by atoms with E-state index in [1.807, 2.05) is 0 Å². The van der Waals surface area contributed by atoms with Gasteiger partial charge in [0, 0.05) is 6.54 Å². The maximum Gasteiger partial charge on any atom is 0.254 e. The molecule has 0 aromatic heterocycles. The Labute approximate surface area is 137 Å². The smallest absolute Gasteiger partial charge is 0.254 e. The number of amides is 1. The zero-order valence-corrected chi connectivity index (χ0v) is 13.1. The van der Waals surface area contributed by atoms with Gasteiger partial charge >= 0.3 is 0 Å². The number of nitrogens with one attached hydrogen (secondary N) is 1. The van der Waals surface area contributed by atoms with Crippen molar-refractivity contribution in [2.45, 2.75) is 6.54 Å². The van der Waals surface area contributed by atoms with Gasteiger partial charge in [0.1, 0.15) is 0 Å². The van der Waals surface area contributed by atoms with Crippen LogP contribution in [0.1, 0.15) is 15.9 Å². The minimum Gasteiger partial charge on any atom is -0.494 e. The lowest BCUT2D eigenvalue weighted by Gasteiger charge is -2.11. The van der Waals surface area contributed by atoms with Crippen LogP contribution >= 0.6 is 23.2 Å². The van der Waals surface area contributed by atoms with Crippen LogP contribution in [0.3, 0.4) is 0 Å². The minimum atomic E-state index is -0.473. The van der Waals surface area contributed by atoms with Crippen molar-refractivity contribution in [1.82, 2.24) is 5.32 Å². The second kappa shape index (κ2) is 6.85. The molecule has 22 heavy (non-hydrogen) atoms. The first kappa shape index (κ1) is 16.4. The molecule has 0 saturated carbocycles. The van der Waals surface area contributed by atoms with E-state index in [-0.39, 0.29) is 33.6 Å². The number of nitrogens with two attached hydrogens (primary N) is 1. The fourth-order valence-electron chi connectivity index (χ4n) is 1.86. The summed E-state index contributed by atoms with van der Waals surface area (Å²) in [5.74, 6) is -0.836. The fraction of sp³-hybridized carbons (Fsp3) is 0.133. The Morgan fingerprint density at radius 2 is 2.05 bits per heavy atom. The van der Waals surface area contributed by atoms with Gasteiger partial charge in [-0.05, 0) is 29.8 Å². The molecule has 0 spiro atoms. The molecular formula is C15H13Cl2FN2O2. The normalized spacial score (nSPS) is 10.4. The van der Waals surface area contributed by atoms with E-state index in [1.165, 1.54) is 31.4 Å². The van der Waals surface area contributed by atoms with E-state index in [2.05, 4.69) is 5.32 Å². The molecule has 0 atom stereocenters. The fourth-order valence-corrected chi connectivity index (χ4v) is 2.40. The second-order valence-corrected chi connectivity index (χ2v) is 5.26. The first-order valence-corrected chi connectivity index (χ1v) is 7.03. The van der Waals surface area contributed by atoms with Gasteiger partial charge in [0.25, 0.3) is 5.91 Å². The molecule has 1 amide bonds. The van der Waals surface area contributed by atoms with Gasteiger partial charge in [-0.1, -0.05) is 29.3 Å². The number of anilines is 1. The van der Waals surface area contributed by atoms with Crippen LogP contribution in [0.15, 0.2) is 30.3 Å². The Bertz CT molecular complexity index is 723. The Kier molecular flexibility index (Phi) is 5.11. The van der Waals surface area contributed by atoms with Crippen molar-refractivity contribution >= 4 is 34.8 Å². The predicted molar refractivity (Wildman–Crippen MR) is 85.0 cm³/mol. The second-order valence-electron chi connectivity index (χ2n) is 4.48. The van der Waals surface area contributed by atoms with E-state index < -0.39 is 11.7 Å². The van der Waals surface area contributed by atoms with Crippen molar-refractivity contribution < 1.29 is 13.9 Å². The summed E-state index contributed by atoms with van der Waals surface area (Å²) in [6.07, 6.45) is 0. The molecule has 0 fully saturated rings. The predicted octanol–water partition coefficient (Wildman–Crippen LogP) is 3.65. The largest absolute Gasteiger partial charge is 0.494 e. The molecule has 0 bridgehead atoms. The van der Waals surface area contributed by atoms with E-state index in [9.17, 15) is 9.18 Å². The van der Waals surface area contributed by atoms with E-state index in [1.54, 1.807) is 6.07 Å². The van der Waals surface area contributed by atoms with E-state index in [0.29, 0.717) is 5.56 Å². The van der Waals surface area contributed by atoms with Crippen molar-refractivity contribution in [2.75, 3.05) is 12.8 Å². The number of hydrogen-bond donors (Lipinski definition) is 2. The van der Waals surface area contributed by atoms with Gasteiger partial charge in [0.05, 0.1) is 28.4 Å². The van der Waals surface area contributed by atoms with Gasteiger partial charge in [-0.25, -0.2) is 4.39 Å². The lowest BCUT2D eigenvalue weighted by Crippen LogP contribution is -2.23. The standard InChI is InChI=1S/C15H13Cl2FN2O2/c1-22-12-6-8(2-4-10(12)18)7-20-15(21)13-9(16)3-5-11(19)14(13)17/h2-6H,7,19H2,1H3,(H,20,21). The molecule has 0 saturated heterocycles. The highest BCUT2D eigenvalue weighted by Crippen LogP contribution is 2.29. The molecule has 116 valence electrons. The number of rotatable bonds is 4. The Morgan fingerprint density at radius 1 is 1.32 bits per heavy atom. The topological polar surface area (TPSA) is 64.3 Å². The van der Waals surface area contributed by atoms with Crippen LogP contribution in [0.25, 0.3) is 0 Å². The van der Waals surface area contributed by atoms with E-state index >= 15 is 0 Å². The van der Waals surface area contributed by atoms with E-state index in [0.717, 1.165) is 0 Å². The molecule has 0 aliphatic heterocycles. The van der Waals surface area contributed by atoms with Crippen molar-refractivity contribution in [3.05, 3.63) is 57.3 Å². The number of carbonyl (C=O) groups excluding carboxylic acids is 1. The van der Waals surface area contributed by atoms with Crippen molar-refractivity contribution in [2.24, 2.45) is 0 Å². The average Bonchev–Trinajstić information content (AvgIpc) is 2.50. The van der Waals surface area contributed by atoms with Crippen LogP contribution in [0, 0.1) is 5.82 Å². The van der Waals surface area contributed by atoms with Crippen molar-refractivity contribution in [3.63, 3.8) is 0 Å². The van der Waals surface area contributed by atoms with Crippen LogP contribution in [0.4, 0.5) is 10.1 Å². The molecule has 0 radical (unpaired) electrons. The van der Waals surface area contributed by atoms with Gasteiger partial charge in [0.15, 0.2) is 11.6 Å². The molecular weight excluding hydrogens is 330 g/mol. The van der Waals surface area contributed by atoms with Crippen LogP contribution in [0.2, 0.25) is 10.0 Å². The molecule has 0 unspecified atom stereocenters. The molecule has 2 rings (SSSR count). The summed E-state index contributed by atoms with van der Waals surface area (Å²) in [6, 6.07) is 7.32. The zero-order chi connectivity index (χ0) is 16.3. The first-order valence-electron chi connectivity index (χ1n) is 6.28. The molecule has 2 aromatic carbocycles. The summed E-state index contributed by atoms with van der Waals surface area (Å²) in [5.41, 5.74) is 6.70. The maximum atomic E-state index is 13.3. The van der Waals surface area contributed by atoms with Gasteiger partial charge < -0.3 is 15.8 Å². The summed E-state index contributed by atoms with van der Waals surface area (Å²) >= 11 is 12.0. The average molecular weight is 343 g/mol. The minimum absolute atomic E-state index is 0.0988. The highest BCUT2D eigenvalue weighted by atomic mass is 35.5. The summed E-state index contributed by atoms with van der Waals surface area (Å²) in [4.78, 5) is 12.2. The highest BCUT2D eigenvalue weighted by Gasteiger charge is 2.16. The molecule has 4 nitrogen and oxygen atoms in total. The number of ether oxygens (including phenoxy) is 1. The van der Waals surface area contributed by atoms with Crippen molar-refractivity contribution in [1.29, 1.82) is 0 Å². The van der Waals surface area contributed by atoms with Crippen LogP contribution in [-0.4, -0.2) is 13.0 Å². The molecule has 2 aromatic rings. The molecule has 0 heterocycles. The van der Waals surface area contributed by atoms with Gasteiger partial charge in [0.2, 0.25) is 0 Å². The third-order valence-electron chi connectivity index (χ3n) is 3.02. The monoisotopic (exact) mass is 342 g/mol. The lowest BCUT2D eigenvalue weighted by atomic mass is 10.1. The quantitative estimate of drug-likeness (QED) is 0.833. The van der Waals surface area contributed by atoms with Crippen LogP contribution in [0.5, 0.6) is 5.75 Å². The molecule has 0 aliphatic rings. The van der Waals surface area contributed by atoms with Crippen LogP contribution in [-0.2, 0) is 6.54 Å². The van der Waals surface area contributed by atoms with Crippen LogP contribution < -0.4 is 15.8 Å². The first-order chi connectivity index (χ1) is 10.4. The number of methoxy groups -OCH3 is 1. The summed E-state index contributed by atoms with van der Waals surface area (Å²) in [5, 5.41) is 2.95. The number of halogens is 3. The third-order valence-corrected chi connectivity index (χ3v) is 3.74. The Morgan fingerprint density at radius 3 is 2.73 bits per heavy atom. The van der Waals surface area contributed by atoms with Gasteiger partial charge in [-0.2, -0.15) is 0 Å². The van der Waals surface area contributed by atoms with Gasteiger partial charge in [-0.15, -0.1) is 0 Å². The zero-order valence-electron chi connectivity index (χ0n) is 11.6. The Balaban J connectivity index is 2.15. The number of benzene rings is 2. The number of hydrogen-bond acceptors (Lipinski definition) is 3. The summed E-state index contributed by atoms with van der Waals surface area (Å²) in [6.45, 7) is 0.164. The molecule has 7 heteroatoms. The van der Waals surface area contributed by atoms with Crippen molar-refractivity contribution in [3.8, 4) is 5.75 Å². The van der Waals surface area contributed by atoms with Gasteiger partial charge in [-0.3, -0.25) is 4.79 Å². The lowest BCUT2D eigenvalue weighted by molar-refractivity contribution is 0.0951.